The zero-order chi connectivity index (χ0) is 19.8. The zero-order valence-corrected chi connectivity index (χ0v) is 17.4. The normalized spacial score (nSPS) is 26.3. The highest BCUT2D eigenvalue weighted by molar-refractivity contribution is 5.33. The van der Waals surface area contributed by atoms with Gasteiger partial charge in [-0.1, -0.05) is 27.2 Å². The van der Waals surface area contributed by atoms with Crippen LogP contribution in [0.3, 0.4) is 0 Å². The number of methoxy groups -OCH3 is 1. The van der Waals surface area contributed by atoms with Crippen LogP contribution in [-0.2, 0) is 14.2 Å². The molecule has 0 spiro atoms. The third-order valence-corrected chi connectivity index (χ3v) is 5.87. The summed E-state index contributed by atoms with van der Waals surface area (Å²) in [5, 5.41) is 0. The summed E-state index contributed by atoms with van der Waals surface area (Å²) >= 11 is 0. The molecule has 0 radical (unpaired) electrons. The van der Waals surface area contributed by atoms with E-state index in [9.17, 15) is 8.78 Å². The molecule has 0 aromatic heterocycles. The topological polar surface area (TPSA) is 27.7 Å². The van der Waals surface area contributed by atoms with E-state index in [2.05, 4.69) is 13.8 Å². The largest absolute Gasteiger partial charge is 0.498 e. The molecule has 0 saturated carbocycles. The van der Waals surface area contributed by atoms with E-state index < -0.39 is 11.7 Å². The number of halogens is 2. The van der Waals surface area contributed by atoms with Crippen LogP contribution in [0.15, 0.2) is 23.0 Å². The van der Waals surface area contributed by atoms with E-state index in [0.29, 0.717) is 36.9 Å². The SMILES string of the molecule is CCCC1CCC(OCC(C)CCC(C)C2=C(F)C(F)=C(OC)CC2)OC1. The molecule has 0 aromatic rings. The Bertz CT molecular complexity index is 522. The van der Waals surface area contributed by atoms with Crippen LogP contribution >= 0.6 is 0 Å². The van der Waals surface area contributed by atoms with Gasteiger partial charge in [0.15, 0.2) is 17.9 Å². The van der Waals surface area contributed by atoms with E-state index in [1.807, 2.05) is 6.92 Å². The number of hydrogen-bond donors (Lipinski definition) is 0. The molecule has 1 saturated heterocycles. The molecule has 2 rings (SSSR count). The van der Waals surface area contributed by atoms with Crippen LogP contribution < -0.4 is 0 Å². The molecular weight excluding hydrogens is 350 g/mol. The Kier molecular flexibility index (Phi) is 9.24. The van der Waals surface area contributed by atoms with Crippen molar-refractivity contribution in [3.63, 3.8) is 0 Å². The van der Waals surface area contributed by atoms with Gasteiger partial charge in [-0.3, -0.25) is 0 Å². The van der Waals surface area contributed by atoms with Crippen molar-refractivity contribution in [3.8, 4) is 0 Å². The highest BCUT2D eigenvalue weighted by Crippen LogP contribution is 2.37. The van der Waals surface area contributed by atoms with Crippen molar-refractivity contribution in [3.05, 3.63) is 23.0 Å². The maximum Gasteiger partial charge on any atom is 0.196 e. The van der Waals surface area contributed by atoms with Gasteiger partial charge in [0, 0.05) is 6.42 Å². The molecule has 0 bridgehead atoms. The Morgan fingerprint density at radius 1 is 1.11 bits per heavy atom. The maximum absolute atomic E-state index is 14.3. The molecule has 0 aromatic carbocycles. The van der Waals surface area contributed by atoms with Crippen molar-refractivity contribution < 1.29 is 23.0 Å². The van der Waals surface area contributed by atoms with Crippen LogP contribution in [0.25, 0.3) is 0 Å². The second-order valence-corrected chi connectivity index (χ2v) is 8.19. The van der Waals surface area contributed by atoms with E-state index in [-0.39, 0.29) is 18.0 Å². The zero-order valence-electron chi connectivity index (χ0n) is 17.4. The molecular formula is C22H36F2O3. The first-order chi connectivity index (χ1) is 13.0. The Morgan fingerprint density at radius 3 is 2.52 bits per heavy atom. The summed E-state index contributed by atoms with van der Waals surface area (Å²) in [5.74, 6) is -0.341. The van der Waals surface area contributed by atoms with Gasteiger partial charge in [-0.15, -0.1) is 0 Å². The highest BCUT2D eigenvalue weighted by atomic mass is 19.2. The minimum atomic E-state index is -0.821. The van der Waals surface area contributed by atoms with Crippen LogP contribution in [0, 0.1) is 17.8 Å². The van der Waals surface area contributed by atoms with Crippen molar-refractivity contribution in [2.45, 2.75) is 78.4 Å². The molecule has 5 heteroatoms. The van der Waals surface area contributed by atoms with E-state index in [0.717, 1.165) is 25.9 Å². The second kappa shape index (κ2) is 11.2. The monoisotopic (exact) mass is 386 g/mol. The number of allylic oxidation sites excluding steroid dienone is 4. The predicted octanol–water partition coefficient (Wildman–Crippen LogP) is 6.45. The van der Waals surface area contributed by atoms with E-state index in [1.165, 1.54) is 26.4 Å². The van der Waals surface area contributed by atoms with E-state index >= 15 is 0 Å². The molecule has 27 heavy (non-hydrogen) atoms. The molecule has 1 fully saturated rings. The van der Waals surface area contributed by atoms with Gasteiger partial charge in [0.05, 0.1) is 20.3 Å². The summed E-state index contributed by atoms with van der Waals surface area (Å²) in [6.45, 7) is 7.79. The lowest BCUT2D eigenvalue weighted by atomic mass is 9.87. The standard InChI is InChI=1S/C22H36F2O3/c1-5-6-17-9-12-20(27-14-17)26-13-15(2)7-8-16(3)18-10-11-19(25-4)22(24)21(18)23/h15-17,20H,5-14H2,1-4H3. The quantitative estimate of drug-likeness (QED) is 0.432. The lowest BCUT2D eigenvalue weighted by molar-refractivity contribution is -0.181. The lowest BCUT2D eigenvalue weighted by Gasteiger charge is -2.29. The summed E-state index contributed by atoms with van der Waals surface area (Å²) in [5.41, 5.74) is 0.582. The van der Waals surface area contributed by atoms with Gasteiger partial charge >= 0.3 is 0 Å². The molecule has 0 amide bonds. The fourth-order valence-corrected chi connectivity index (χ4v) is 4.00. The summed E-state index contributed by atoms with van der Waals surface area (Å²) in [6.07, 6.45) is 7.23. The molecule has 4 atom stereocenters. The summed E-state index contributed by atoms with van der Waals surface area (Å²) < 4.78 is 44.9. The third kappa shape index (κ3) is 6.56. The number of ether oxygens (including phenoxy) is 3. The fourth-order valence-electron chi connectivity index (χ4n) is 4.00. The maximum atomic E-state index is 14.3. The van der Waals surface area contributed by atoms with Gasteiger partial charge in [0.2, 0.25) is 0 Å². The molecule has 0 N–H and O–H groups in total. The Morgan fingerprint density at radius 2 is 1.89 bits per heavy atom. The van der Waals surface area contributed by atoms with Gasteiger partial charge < -0.3 is 14.2 Å². The van der Waals surface area contributed by atoms with Crippen molar-refractivity contribution in [1.82, 2.24) is 0 Å². The lowest BCUT2D eigenvalue weighted by Crippen LogP contribution is -2.29. The van der Waals surface area contributed by atoms with Crippen LogP contribution in [0.2, 0.25) is 0 Å². The Balaban J connectivity index is 1.70. The van der Waals surface area contributed by atoms with Gasteiger partial charge in [0.25, 0.3) is 0 Å². The smallest absolute Gasteiger partial charge is 0.196 e. The van der Waals surface area contributed by atoms with Crippen molar-refractivity contribution in [2.75, 3.05) is 20.3 Å². The highest BCUT2D eigenvalue weighted by Gasteiger charge is 2.27. The average molecular weight is 387 g/mol. The van der Waals surface area contributed by atoms with Crippen molar-refractivity contribution in [1.29, 1.82) is 0 Å². The minimum absolute atomic E-state index is 0.0253. The van der Waals surface area contributed by atoms with Crippen LogP contribution in [0.4, 0.5) is 8.78 Å². The van der Waals surface area contributed by atoms with Crippen molar-refractivity contribution in [2.24, 2.45) is 17.8 Å². The Labute approximate surface area is 163 Å². The summed E-state index contributed by atoms with van der Waals surface area (Å²) in [7, 11) is 1.39. The van der Waals surface area contributed by atoms with Crippen LogP contribution in [-0.4, -0.2) is 26.6 Å². The molecule has 1 aliphatic carbocycles. The molecule has 1 heterocycles. The average Bonchev–Trinajstić information content (AvgIpc) is 2.68. The first kappa shape index (κ1) is 22.4. The van der Waals surface area contributed by atoms with Gasteiger partial charge in [-0.05, 0) is 61.9 Å². The Hall–Kier alpha value is -0.940. The van der Waals surface area contributed by atoms with Gasteiger partial charge in [-0.2, -0.15) is 0 Å². The number of hydrogen-bond acceptors (Lipinski definition) is 3. The van der Waals surface area contributed by atoms with E-state index in [1.54, 1.807) is 0 Å². The number of rotatable bonds is 10. The first-order valence-electron chi connectivity index (χ1n) is 10.5. The molecule has 2 aliphatic rings. The van der Waals surface area contributed by atoms with E-state index in [4.69, 9.17) is 14.2 Å². The minimum Gasteiger partial charge on any atom is -0.498 e. The summed E-state index contributed by atoms with van der Waals surface area (Å²) in [4.78, 5) is 0. The van der Waals surface area contributed by atoms with Crippen molar-refractivity contribution >= 4 is 0 Å². The van der Waals surface area contributed by atoms with Crippen LogP contribution in [0.1, 0.15) is 72.1 Å². The summed E-state index contributed by atoms with van der Waals surface area (Å²) in [6, 6.07) is 0. The molecule has 1 aliphatic heterocycles. The fraction of sp³-hybridized carbons (Fsp3) is 0.818. The third-order valence-electron chi connectivity index (χ3n) is 5.87. The molecule has 156 valence electrons. The second-order valence-electron chi connectivity index (χ2n) is 8.19. The molecule has 4 unspecified atom stereocenters. The van der Waals surface area contributed by atoms with Crippen LogP contribution in [0.5, 0.6) is 0 Å². The van der Waals surface area contributed by atoms with Gasteiger partial charge in [0.1, 0.15) is 5.76 Å². The van der Waals surface area contributed by atoms with Gasteiger partial charge in [-0.25, -0.2) is 8.78 Å². The first-order valence-corrected chi connectivity index (χ1v) is 10.5. The predicted molar refractivity (Wildman–Crippen MR) is 103 cm³/mol. The molecule has 3 nitrogen and oxygen atoms in total.